The van der Waals surface area contributed by atoms with E-state index in [1.807, 2.05) is 19.9 Å². The van der Waals surface area contributed by atoms with Crippen molar-refractivity contribution >= 4 is 5.69 Å². The number of nitrogen functional groups attached to an aromatic ring is 1. The van der Waals surface area contributed by atoms with Gasteiger partial charge in [0.25, 0.3) is 0 Å². The van der Waals surface area contributed by atoms with E-state index in [0.717, 1.165) is 5.56 Å². The van der Waals surface area contributed by atoms with Crippen LogP contribution in [0.2, 0.25) is 0 Å². The van der Waals surface area contributed by atoms with Crippen molar-refractivity contribution in [2.24, 2.45) is 5.41 Å². The fourth-order valence-corrected chi connectivity index (χ4v) is 1.40. The highest BCUT2D eigenvalue weighted by Gasteiger charge is 2.17. The number of nitriles is 1. The van der Waals surface area contributed by atoms with Crippen molar-refractivity contribution in [2.45, 2.75) is 20.3 Å². The molecule has 2 heteroatoms. The molecule has 1 aromatic rings. The smallest absolute Gasteiger partial charge is 0.0994 e. The van der Waals surface area contributed by atoms with E-state index < -0.39 is 0 Å². The standard InChI is InChI=1S/C13H14N2/c1-4-13(2,3)8-11-7-12(15)6-5-10(11)9-14/h1,5-7H,8,15H2,2-3H3. The zero-order valence-corrected chi connectivity index (χ0v) is 9.04. The van der Waals surface area contributed by atoms with Gasteiger partial charge in [-0.1, -0.05) is 0 Å². The predicted octanol–water partition coefficient (Wildman–Crippen LogP) is 2.34. The highest BCUT2D eigenvalue weighted by atomic mass is 14.5. The van der Waals surface area contributed by atoms with Gasteiger partial charge < -0.3 is 5.73 Å². The molecule has 0 amide bonds. The summed E-state index contributed by atoms with van der Waals surface area (Å²) in [6.45, 7) is 3.94. The largest absolute Gasteiger partial charge is 0.399 e. The fraction of sp³-hybridized carbons (Fsp3) is 0.308. The molecule has 1 aromatic carbocycles. The third-order valence-electron chi connectivity index (χ3n) is 2.27. The van der Waals surface area contributed by atoms with E-state index in [1.165, 1.54) is 0 Å². The van der Waals surface area contributed by atoms with Crippen molar-refractivity contribution in [1.82, 2.24) is 0 Å². The van der Waals surface area contributed by atoms with Crippen molar-refractivity contribution in [1.29, 1.82) is 5.26 Å². The van der Waals surface area contributed by atoms with Crippen LogP contribution in [-0.2, 0) is 6.42 Å². The van der Waals surface area contributed by atoms with Crippen LogP contribution in [0, 0.1) is 29.1 Å². The zero-order chi connectivity index (χ0) is 11.5. The lowest BCUT2D eigenvalue weighted by molar-refractivity contribution is 0.501. The summed E-state index contributed by atoms with van der Waals surface area (Å²) in [4.78, 5) is 0. The van der Waals surface area contributed by atoms with Crippen molar-refractivity contribution in [3.63, 3.8) is 0 Å². The first-order valence-corrected chi connectivity index (χ1v) is 4.75. The second-order valence-corrected chi connectivity index (χ2v) is 4.23. The van der Waals surface area contributed by atoms with Crippen LogP contribution in [0.1, 0.15) is 25.0 Å². The van der Waals surface area contributed by atoms with Gasteiger partial charge in [0, 0.05) is 11.1 Å². The molecule has 0 aliphatic carbocycles. The Balaban J connectivity index is 3.10. The van der Waals surface area contributed by atoms with Crippen LogP contribution >= 0.6 is 0 Å². The Kier molecular flexibility index (Phi) is 3.02. The summed E-state index contributed by atoms with van der Waals surface area (Å²) in [6, 6.07) is 7.42. The van der Waals surface area contributed by atoms with Gasteiger partial charge in [0.05, 0.1) is 11.6 Å². The third-order valence-corrected chi connectivity index (χ3v) is 2.27. The van der Waals surface area contributed by atoms with E-state index in [1.54, 1.807) is 12.1 Å². The predicted molar refractivity (Wildman–Crippen MR) is 61.9 cm³/mol. The van der Waals surface area contributed by atoms with Gasteiger partial charge in [-0.05, 0) is 44.0 Å². The summed E-state index contributed by atoms with van der Waals surface area (Å²) >= 11 is 0. The Hall–Kier alpha value is -1.93. The molecule has 76 valence electrons. The van der Waals surface area contributed by atoms with Gasteiger partial charge >= 0.3 is 0 Å². The van der Waals surface area contributed by atoms with E-state index in [2.05, 4.69) is 12.0 Å². The molecule has 0 saturated carbocycles. The van der Waals surface area contributed by atoms with Gasteiger partial charge in [0.1, 0.15) is 0 Å². The molecule has 15 heavy (non-hydrogen) atoms. The Bertz CT molecular complexity index is 445. The lowest BCUT2D eigenvalue weighted by atomic mass is 9.85. The number of hydrogen-bond donors (Lipinski definition) is 1. The molecular weight excluding hydrogens is 184 g/mol. The molecular formula is C13H14N2. The van der Waals surface area contributed by atoms with Crippen LogP contribution < -0.4 is 5.73 Å². The lowest BCUT2D eigenvalue weighted by Gasteiger charge is -2.18. The molecule has 0 radical (unpaired) electrons. The van der Waals surface area contributed by atoms with Gasteiger partial charge in [-0.3, -0.25) is 0 Å². The van der Waals surface area contributed by atoms with Crippen molar-refractivity contribution in [3.8, 4) is 18.4 Å². The molecule has 0 spiro atoms. The topological polar surface area (TPSA) is 49.8 Å². The van der Waals surface area contributed by atoms with Gasteiger partial charge in [0.15, 0.2) is 0 Å². The van der Waals surface area contributed by atoms with Crippen LogP contribution in [0.25, 0.3) is 0 Å². The van der Waals surface area contributed by atoms with Crippen molar-refractivity contribution < 1.29 is 0 Å². The molecule has 0 aliphatic heterocycles. The Labute approximate surface area is 90.7 Å². The second kappa shape index (κ2) is 4.07. The molecule has 2 N–H and O–H groups in total. The number of hydrogen-bond acceptors (Lipinski definition) is 2. The average molecular weight is 198 g/mol. The molecule has 0 aliphatic rings. The maximum Gasteiger partial charge on any atom is 0.0994 e. The quantitative estimate of drug-likeness (QED) is 0.585. The van der Waals surface area contributed by atoms with Gasteiger partial charge in [0.2, 0.25) is 0 Å². The van der Waals surface area contributed by atoms with E-state index >= 15 is 0 Å². The van der Waals surface area contributed by atoms with Crippen molar-refractivity contribution in [3.05, 3.63) is 29.3 Å². The molecule has 0 fully saturated rings. The first-order chi connectivity index (χ1) is 6.98. The molecule has 1 rings (SSSR count). The first-order valence-electron chi connectivity index (χ1n) is 4.75. The molecule has 0 saturated heterocycles. The zero-order valence-electron chi connectivity index (χ0n) is 9.04. The Morgan fingerprint density at radius 3 is 2.67 bits per heavy atom. The minimum atomic E-state index is -0.251. The number of benzene rings is 1. The lowest BCUT2D eigenvalue weighted by Crippen LogP contribution is -2.13. The molecule has 2 nitrogen and oxygen atoms in total. The fourth-order valence-electron chi connectivity index (χ4n) is 1.40. The van der Waals surface area contributed by atoms with E-state index in [0.29, 0.717) is 17.7 Å². The second-order valence-electron chi connectivity index (χ2n) is 4.23. The van der Waals surface area contributed by atoms with Gasteiger partial charge in [-0.25, -0.2) is 0 Å². The summed E-state index contributed by atoms with van der Waals surface area (Å²) in [5, 5.41) is 8.94. The Morgan fingerprint density at radius 2 is 2.13 bits per heavy atom. The SMILES string of the molecule is C#CC(C)(C)Cc1cc(N)ccc1C#N. The van der Waals surface area contributed by atoms with E-state index in [9.17, 15) is 0 Å². The van der Waals surface area contributed by atoms with Crippen LogP contribution in [0.4, 0.5) is 5.69 Å². The van der Waals surface area contributed by atoms with Crippen LogP contribution in [0.15, 0.2) is 18.2 Å². The molecule has 0 atom stereocenters. The van der Waals surface area contributed by atoms with Gasteiger partial charge in [-0.15, -0.1) is 12.3 Å². The van der Waals surface area contributed by atoms with Crippen LogP contribution in [0.5, 0.6) is 0 Å². The molecule has 0 unspecified atom stereocenters. The summed E-state index contributed by atoms with van der Waals surface area (Å²) in [6.07, 6.45) is 6.08. The van der Waals surface area contributed by atoms with Crippen LogP contribution in [0.3, 0.4) is 0 Å². The monoisotopic (exact) mass is 198 g/mol. The first kappa shape index (κ1) is 11.1. The Morgan fingerprint density at radius 1 is 1.47 bits per heavy atom. The molecule has 0 aromatic heterocycles. The summed E-state index contributed by atoms with van der Waals surface area (Å²) in [7, 11) is 0. The number of terminal acetylenes is 1. The van der Waals surface area contributed by atoms with Gasteiger partial charge in [-0.2, -0.15) is 5.26 Å². The number of nitrogens with zero attached hydrogens (tertiary/aromatic N) is 1. The summed E-state index contributed by atoms with van der Waals surface area (Å²) in [5.41, 5.74) is 7.66. The van der Waals surface area contributed by atoms with E-state index in [-0.39, 0.29) is 5.41 Å². The highest BCUT2D eigenvalue weighted by Crippen LogP contribution is 2.24. The maximum absolute atomic E-state index is 8.94. The number of anilines is 1. The molecule has 0 bridgehead atoms. The summed E-state index contributed by atoms with van der Waals surface area (Å²) < 4.78 is 0. The number of nitrogens with two attached hydrogens (primary N) is 1. The number of rotatable bonds is 2. The van der Waals surface area contributed by atoms with Crippen LogP contribution in [-0.4, -0.2) is 0 Å². The van der Waals surface area contributed by atoms with Crippen molar-refractivity contribution in [2.75, 3.05) is 5.73 Å². The normalized spacial score (nSPS) is 10.4. The minimum absolute atomic E-state index is 0.251. The third kappa shape index (κ3) is 2.76. The molecule has 0 heterocycles. The van der Waals surface area contributed by atoms with E-state index in [4.69, 9.17) is 17.4 Å². The summed E-state index contributed by atoms with van der Waals surface area (Å²) in [5.74, 6) is 2.71. The minimum Gasteiger partial charge on any atom is -0.399 e. The highest BCUT2D eigenvalue weighted by molar-refractivity contribution is 5.49. The average Bonchev–Trinajstić information content (AvgIpc) is 2.18. The maximum atomic E-state index is 8.94.